The van der Waals surface area contributed by atoms with Crippen molar-refractivity contribution in [3.8, 4) is 11.5 Å². The van der Waals surface area contributed by atoms with Crippen LogP contribution in [0, 0.1) is 5.41 Å². The Hall–Kier alpha value is -1.80. The van der Waals surface area contributed by atoms with Crippen molar-refractivity contribution in [3.63, 3.8) is 0 Å². The molecule has 142 valence electrons. The van der Waals surface area contributed by atoms with Crippen LogP contribution in [0.15, 0.2) is 23.1 Å². The Morgan fingerprint density at radius 3 is 2.32 bits per heavy atom. The first-order valence-electron chi connectivity index (χ1n) is 7.95. The highest BCUT2D eigenvalue weighted by atomic mass is 32.2. The Morgan fingerprint density at radius 1 is 1.20 bits per heavy atom. The second-order valence-electron chi connectivity index (χ2n) is 6.70. The Morgan fingerprint density at radius 2 is 1.80 bits per heavy atom. The Kier molecular flexibility index (Phi) is 7.25. The predicted octanol–water partition coefficient (Wildman–Crippen LogP) is 1.31. The third-order valence-corrected chi connectivity index (χ3v) is 5.66. The zero-order valence-corrected chi connectivity index (χ0v) is 16.4. The van der Waals surface area contributed by atoms with Gasteiger partial charge in [0.15, 0.2) is 21.3 Å². The van der Waals surface area contributed by atoms with E-state index in [9.17, 15) is 13.2 Å². The maximum Gasteiger partial charge on any atom is 0.223 e. The number of amides is 1. The topological polar surface area (TPSA) is 98.9 Å². The van der Waals surface area contributed by atoms with E-state index < -0.39 is 9.84 Å². The molecule has 0 saturated heterocycles. The average molecular weight is 372 g/mol. The number of hydrogen-bond donors (Lipinski definition) is 1. The fraction of sp³-hybridized carbons (Fsp3) is 0.588. The van der Waals surface area contributed by atoms with Crippen LogP contribution >= 0.6 is 0 Å². The van der Waals surface area contributed by atoms with Crippen molar-refractivity contribution in [1.29, 1.82) is 0 Å². The standard InChI is InChI=1S/C17H28N2O5S/c1-17(2,11-18)12-19(3)16(20)8-9-25(21,22)13-6-7-14(23-4)15(10-13)24-5/h6-7,10H,8-9,11-12,18H2,1-5H3. The minimum atomic E-state index is -3.60. The minimum absolute atomic E-state index is 0.0895. The SMILES string of the molecule is COc1ccc(S(=O)(=O)CCC(=O)N(C)CC(C)(C)CN)cc1OC. The summed E-state index contributed by atoms with van der Waals surface area (Å²) in [6, 6.07) is 4.38. The lowest BCUT2D eigenvalue weighted by molar-refractivity contribution is -0.130. The molecule has 1 amide bonds. The van der Waals surface area contributed by atoms with Gasteiger partial charge in [0, 0.05) is 26.1 Å². The van der Waals surface area contributed by atoms with Crippen LogP contribution in [0.1, 0.15) is 20.3 Å². The van der Waals surface area contributed by atoms with Gasteiger partial charge in [0.05, 0.1) is 24.9 Å². The first kappa shape index (κ1) is 21.2. The molecule has 0 spiro atoms. The molecule has 7 nitrogen and oxygen atoms in total. The lowest BCUT2D eigenvalue weighted by Gasteiger charge is -2.29. The summed E-state index contributed by atoms with van der Waals surface area (Å²) in [4.78, 5) is 13.8. The third-order valence-electron chi connectivity index (χ3n) is 3.94. The number of carbonyl (C=O) groups excluding carboxylic acids is 1. The molecule has 0 fully saturated rings. The molecule has 0 aromatic heterocycles. The monoisotopic (exact) mass is 372 g/mol. The first-order valence-corrected chi connectivity index (χ1v) is 9.60. The van der Waals surface area contributed by atoms with Gasteiger partial charge in [-0.3, -0.25) is 4.79 Å². The Balaban J connectivity index is 2.80. The van der Waals surface area contributed by atoms with Gasteiger partial charge in [-0.15, -0.1) is 0 Å². The number of ether oxygens (including phenoxy) is 2. The fourth-order valence-electron chi connectivity index (χ4n) is 2.34. The molecule has 2 N–H and O–H groups in total. The third kappa shape index (κ3) is 5.89. The molecule has 0 atom stereocenters. The molecule has 1 aromatic carbocycles. The molecule has 0 saturated carbocycles. The van der Waals surface area contributed by atoms with Crippen molar-refractivity contribution in [1.82, 2.24) is 4.90 Å². The predicted molar refractivity (Wildman–Crippen MR) is 96.7 cm³/mol. The number of hydrogen-bond acceptors (Lipinski definition) is 6. The van der Waals surface area contributed by atoms with Gasteiger partial charge in [-0.05, 0) is 24.1 Å². The Labute approximate surface area is 150 Å². The van der Waals surface area contributed by atoms with Gasteiger partial charge in [0.2, 0.25) is 5.91 Å². The van der Waals surface area contributed by atoms with Crippen LogP contribution < -0.4 is 15.2 Å². The molecule has 0 aliphatic heterocycles. The number of benzene rings is 1. The molecule has 1 rings (SSSR count). The number of nitrogens with zero attached hydrogens (tertiary/aromatic N) is 1. The molecular formula is C17H28N2O5S. The molecule has 0 radical (unpaired) electrons. The highest BCUT2D eigenvalue weighted by Crippen LogP contribution is 2.30. The summed E-state index contributed by atoms with van der Waals surface area (Å²) in [5, 5.41) is 0. The van der Waals surface area contributed by atoms with Gasteiger partial charge in [0.25, 0.3) is 0 Å². The molecule has 0 aliphatic rings. The van der Waals surface area contributed by atoms with Gasteiger partial charge in [-0.2, -0.15) is 0 Å². The van der Waals surface area contributed by atoms with E-state index >= 15 is 0 Å². The van der Waals surface area contributed by atoms with Crippen molar-refractivity contribution in [2.75, 3.05) is 40.1 Å². The van der Waals surface area contributed by atoms with Crippen molar-refractivity contribution in [2.24, 2.45) is 11.1 Å². The van der Waals surface area contributed by atoms with Crippen LogP contribution in [0.25, 0.3) is 0 Å². The van der Waals surface area contributed by atoms with Crippen molar-refractivity contribution in [3.05, 3.63) is 18.2 Å². The fourth-order valence-corrected chi connectivity index (χ4v) is 3.58. The second kappa shape index (κ2) is 8.53. The van der Waals surface area contributed by atoms with Crippen LogP contribution in [-0.4, -0.2) is 59.3 Å². The van der Waals surface area contributed by atoms with Crippen LogP contribution in [0.2, 0.25) is 0 Å². The zero-order valence-electron chi connectivity index (χ0n) is 15.5. The lowest BCUT2D eigenvalue weighted by Crippen LogP contribution is -2.40. The molecule has 8 heteroatoms. The summed E-state index contributed by atoms with van der Waals surface area (Å²) in [7, 11) is 0.964. The number of rotatable bonds is 9. The van der Waals surface area contributed by atoms with E-state index in [4.69, 9.17) is 15.2 Å². The summed E-state index contributed by atoms with van der Waals surface area (Å²) in [5.41, 5.74) is 5.45. The number of nitrogens with two attached hydrogens (primary N) is 1. The smallest absolute Gasteiger partial charge is 0.223 e. The second-order valence-corrected chi connectivity index (χ2v) is 8.81. The highest BCUT2D eigenvalue weighted by molar-refractivity contribution is 7.91. The zero-order chi connectivity index (χ0) is 19.3. The maximum atomic E-state index is 12.5. The van der Waals surface area contributed by atoms with Crippen LogP contribution in [0.4, 0.5) is 0 Å². The van der Waals surface area contributed by atoms with E-state index in [0.717, 1.165) is 0 Å². The average Bonchev–Trinajstić information content (AvgIpc) is 2.58. The summed E-state index contributed by atoms with van der Waals surface area (Å²) >= 11 is 0. The molecule has 0 aliphatic carbocycles. The summed E-state index contributed by atoms with van der Waals surface area (Å²) < 4.78 is 35.2. The summed E-state index contributed by atoms with van der Waals surface area (Å²) in [5.74, 6) is 0.276. The van der Waals surface area contributed by atoms with Gasteiger partial charge < -0.3 is 20.1 Å². The van der Waals surface area contributed by atoms with Crippen LogP contribution in [-0.2, 0) is 14.6 Å². The van der Waals surface area contributed by atoms with Gasteiger partial charge in [-0.25, -0.2) is 8.42 Å². The molecule has 1 aromatic rings. The van der Waals surface area contributed by atoms with Crippen molar-refractivity contribution in [2.45, 2.75) is 25.2 Å². The van der Waals surface area contributed by atoms with Crippen LogP contribution in [0.5, 0.6) is 11.5 Å². The van der Waals surface area contributed by atoms with E-state index in [0.29, 0.717) is 24.6 Å². The molecule has 25 heavy (non-hydrogen) atoms. The molecule has 0 unspecified atom stereocenters. The molecular weight excluding hydrogens is 344 g/mol. The number of carbonyl (C=O) groups is 1. The van der Waals surface area contributed by atoms with Gasteiger partial charge >= 0.3 is 0 Å². The number of sulfone groups is 1. The largest absolute Gasteiger partial charge is 0.493 e. The lowest BCUT2D eigenvalue weighted by atomic mass is 9.93. The van der Waals surface area contributed by atoms with E-state index in [1.165, 1.54) is 37.3 Å². The maximum absolute atomic E-state index is 12.5. The highest BCUT2D eigenvalue weighted by Gasteiger charge is 2.23. The normalized spacial score (nSPS) is 11.9. The van der Waals surface area contributed by atoms with E-state index in [1.807, 2.05) is 13.8 Å². The van der Waals surface area contributed by atoms with E-state index in [-0.39, 0.29) is 28.4 Å². The van der Waals surface area contributed by atoms with Crippen molar-refractivity contribution >= 4 is 15.7 Å². The van der Waals surface area contributed by atoms with Gasteiger partial charge in [0.1, 0.15) is 0 Å². The van der Waals surface area contributed by atoms with Gasteiger partial charge in [-0.1, -0.05) is 13.8 Å². The minimum Gasteiger partial charge on any atom is -0.493 e. The van der Waals surface area contributed by atoms with E-state index in [2.05, 4.69) is 0 Å². The summed E-state index contributed by atoms with van der Waals surface area (Å²) in [6.07, 6.45) is -0.0895. The quantitative estimate of drug-likeness (QED) is 0.702. The molecule has 0 bridgehead atoms. The summed E-state index contributed by atoms with van der Waals surface area (Å²) in [6.45, 7) is 4.82. The van der Waals surface area contributed by atoms with E-state index in [1.54, 1.807) is 7.05 Å². The first-order chi connectivity index (χ1) is 11.6. The van der Waals surface area contributed by atoms with Crippen LogP contribution in [0.3, 0.4) is 0 Å². The Bertz CT molecular complexity index is 701. The van der Waals surface area contributed by atoms with Crippen molar-refractivity contribution < 1.29 is 22.7 Å². The molecule has 0 heterocycles. The number of methoxy groups -OCH3 is 2.